The first-order chi connectivity index (χ1) is 12.7. The van der Waals surface area contributed by atoms with Gasteiger partial charge in [-0.1, -0.05) is 24.3 Å². The number of benzene rings is 1. The fraction of sp³-hybridized carbons (Fsp3) is 0.294. The first-order valence-corrected chi connectivity index (χ1v) is 8.34. The minimum Gasteiger partial charge on any atom is -0.338 e. The number of piperazine rings is 1. The van der Waals surface area contributed by atoms with Gasteiger partial charge in [-0.2, -0.15) is 0 Å². The van der Waals surface area contributed by atoms with Gasteiger partial charge in [0.25, 0.3) is 5.91 Å². The van der Waals surface area contributed by atoms with E-state index in [2.05, 4.69) is 20.5 Å². The lowest BCUT2D eigenvalue weighted by atomic mass is 10.2. The summed E-state index contributed by atoms with van der Waals surface area (Å²) in [5.41, 5.74) is 1.23. The molecule has 1 aliphatic heterocycles. The van der Waals surface area contributed by atoms with E-state index in [1.54, 1.807) is 15.9 Å². The second kappa shape index (κ2) is 6.87. The zero-order valence-electron chi connectivity index (χ0n) is 14.0. The zero-order valence-corrected chi connectivity index (χ0v) is 14.0. The topological polar surface area (TPSA) is 97.1 Å². The molecule has 1 aliphatic rings. The molecule has 0 saturated carbocycles. The van der Waals surface area contributed by atoms with Crippen molar-refractivity contribution in [3.8, 4) is 0 Å². The Morgan fingerprint density at radius 1 is 0.962 bits per heavy atom. The van der Waals surface area contributed by atoms with Crippen molar-refractivity contribution in [3.63, 3.8) is 0 Å². The molecule has 26 heavy (non-hydrogen) atoms. The van der Waals surface area contributed by atoms with Crippen molar-refractivity contribution in [2.75, 3.05) is 26.2 Å². The molecule has 1 aromatic carbocycles. The number of tetrazole rings is 1. The average molecular weight is 351 g/mol. The van der Waals surface area contributed by atoms with E-state index >= 15 is 0 Å². The van der Waals surface area contributed by atoms with Crippen LogP contribution in [0.3, 0.4) is 0 Å². The number of hydrogen-bond acceptors (Lipinski definition) is 6. The van der Waals surface area contributed by atoms with E-state index in [0.717, 1.165) is 10.9 Å². The highest BCUT2D eigenvalue weighted by Gasteiger charge is 2.25. The van der Waals surface area contributed by atoms with Crippen LogP contribution >= 0.6 is 0 Å². The molecule has 4 rings (SSSR count). The second-order valence-corrected chi connectivity index (χ2v) is 6.07. The fourth-order valence-electron chi connectivity index (χ4n) is 3.00. The summed E-state index contributed by atoms with van der Waals surface area (Å²) >= 11 is 0. The van der Waals surface area contributed by atoms with Crippen molar-refractivity contribution in [1.82, 2.24) is 35.0 Å². The Balaban J connectivity index is 1.39. The molecular formula is C17H17N7O2. The molecule has 0 aliphatic carbocycles. The van der Waals surface area contributed by atoms with Gasteiger partial charge in [-0.25, -0.2) is 9.67 Å². The van der Waals surface area contributed by atoms with Crippen molar-refractivity contribution in [3.05, 3.63) is 48.4 Å². The van der Waals surface area contributed by atoms with Crippen LogP contribution in [0.2, 0.25) is 0 Å². The maximum absolute atomic E-state index is 12.7. The molecule has 0 unspecified atom stereocenters. The van der Waals surface area contributed by atoms with Crippen molar-refractivity contribution in [2.45, 2.75) is 6.54 Å². The summed E-state index contributed by atoms with van der Waals surface area (Å²) in [6.45, 7) is 2.04. The van der Waals surface area contributed by atoms with Crippen LogP contribution in [-0.2, 0) is 11.3 Å². The Kier molecular flexibility index (Phi) is 4.26. The summed E-state index contributed by atoms with van der Waals surface area (Å²) in [4.78, 5) is 32.9. The van der Waals surface area contributed by atoms with Gasteiger partial charge in [0.05, 0.1) is 5.52 Å². The largest absolute Gasteiger partial charge is 0.338 e. The molecule has 2 aromatic heterocycles. The first kappa shape index (κ1) is 16.1. The van der Waals surface area contributed by atoms with E-state index in [1.165, 1.54) is 11.0 Å². The average Bonchev–Trinajstić information content (AvgIpc) is 3.20. The van der Waals surface area contributed by atoms with Crippen molar-refractivity contribution >= 4 is 22.7 Å². The highest BCUT2D eigenvalue weighted by Crippen LogP contribution is 2.14. The van der Waals surface area contributed by atoms with Gasteiger partial charge in [-0.15, -0.1) is 5.10 Å². The van der Waals surface area contributed by atoms with E-state index < -0.39 is 0 Å². The van der Waals surface area contributed by atoms with Gasteiger partial charge >= 0.3 is 0 Å². The lowest BCUT2D eigenvalue weighted by molar-refractivity contribution is -0.133. The van der Waals surface area contributed by atoms with Crippen molar-refractivity contribution < 1.29 is 9.59 Å². The molecule has 0 N–H and O–H groups in total. The summed E-state index contributed by atoms with van der Waals surface area (Å²) < 4.78 is 1.39. The van der Waals surface area contributed by atoms with Crippen molar-refractivity contribution in [1.29, 1.82) is 0 Å². The SMILES string of the molecule is O=C(Cn1cnnn1)N1CCN(C(=O)c2ccc3ccccc3n2)CC1. The highest BCUT2D eigenvalue weighted by atomic mass is 16.2. The number of para-hydroxylation sites is 1. The number of pyridine rings is 1. The second-order valence-electron chi connectivity index (χ2n) is 6.07. The van der Waals surface area contributed by atoms with E-state index in [1.807, 2.05) is 30.3 Å². The smallest absolute Gasteiger partial charge is 0.272 e. The van der Waals surface area contributed by atoms with Gasteiger partial charge in [0.2, 0.25) is 5.91 Å². The van der Waals surface area contributed by atoms with Gasteiger partial charge in [0.15, 0.2) is 0 Å². The Hall–Kier alpha value is -3.36. The van der Waals surface area contributed by atoms with Gasteiger partial charge in [-0.3, -0.25) is 9.59 Å². The van der Waals surface area contributed by atoms with Crippen LogP contribution < -0.4 is 0 Å². The molecule has 3 heterocycles. The minimum atomic E-state index is -0.108. The Labute approximate surface area is 149 Å². The third-order valence-electron chi connectivity index (χ3n) is 4.43. The molecule has 0 spiro atoms. The molecule has 3 aromatic rings. The van der Waals surface area contributed by atoms with Crippen LogP contribution in [0.1, 0.15) is 10.5 Å². The maximum Gasteiger partial charge on any atom is 0.272 e. The maximum atomic E-state index is 12.7. The number of rotatable bonds is 3. The summed E-state index contributed by atoms with van der Waals surface area (Å²) in [6.07, 6.45) is 1.41. The molecule has 9 nitrogen and oxygen atoms in total. The van der Waals surface area contributed by atoms with Crippen LogP contribution in [0.5, 0.6) is 0 Å². The number of nitrogens with zero attached hydrogens (tertiary/aromatic N) is 7. The molecule has 9 heteroatoms. The van der Waals surface area contributed by atoms with Gasteiger partial charge in [-0.05, 0) is 22.6 Å². The van der Waals surface area contributed by atoms with E-state index in [4.69, 9.17) is 0 Å². The molecule has 0 radical (unpaired) electrons. The van der Waals surface area contributed by atoms with Crippen LogP contribution in [0.15, 0.2) is 42.7 Å². The summed E-state index contributed by atoms with van der Waals surface area (Å²) in [7, 11) is 0. The highest BCUT2D eigenvalue weighted by molar-refractivity contribution is 5.95. The fourth-order valence-corrected chi connectivity index (χ4v) is 3.00. The number of amides is 2. The monoisotopic (exact) mass is 351 g/mol. The molecule has 0 atom stereocenters. The third kappa shape index (κ3) is 3.23. The van der Waals surface area contributed by atoms with E-state index in [-0.39, 0.29) is 18.4 Å². The Morgan fingerprint density at radius 2 is 1.73 bits per heavy atom. The molecule has 1 saturated heterocycles. The van der Waals surface area contributed by atoms with Crippen LogP contribution in [0.4, 0.5) is 0 Å². The molecule has 132 valence electrons. The summed E-state index contributed by atoms with van der Waals surface area (Å²) in [5.74, 6) is -0.170. The van der Waals surface area contributed by atoms with Crippen LogP contribution in [-0.4, -0.2) is 73.0 Å². The van der Waals surface area contributed by atoms with Crippen LogP contribution in [0, 0.1) is 0 Å². The number of carbonyl (C=O) groups excluding carboxylic acids is 2. The minimum absolute atomic E-state index is 0.0618. The van der Waals surface area contributed by atoms with Gasteiger partial charge in [0, 0.05) is 31.6 Å². The Morgan fingerprint density at radius 3 is 2.50 bits per heavy atom. The number of aromatic nitrogens is 5. The number of carbonyl (C=O) groups is 2. The van der Waals surface area contributed by atoms with Crippen molar-refractivity contribution in [2.24, 2.45) is 0 Å². The normalized spacial score (nSPS) is 14.6. The lowest BCUT2D eigenvalue weighted by Crippen LogP contribution is -2.51. The van der Waals surface area contributed by atoms with Crippen LogP contribution in [0.25, 0.3) is 10.9 Å². The first-order valence-electron chi connectivity index (χ1n) is 8.34. The van der Waals surface area contributed by atoms with E-state index in [0.29, 0.717) is 31.9 Å². The molecular weight excluding hydrogens is 334 g/mol. The zero-order chi connectivity index (χ0) is 17.9. The molecule has 2 amide bonds. The third-order valence-corrected chi connectivity index (χ3v) is 4.43. The van der Waals surface area contributed by atoms with Gasteiger partial charge in [0.1, 0.15) is 18.6 Å². The summed E-state index contributed by atoms with van der Waals surface area (Å²) in [5, 5.41) is 11.7. The predicted molar refractivity (Wildman–Crippen MR) is 92.0 cm³/mol. The number of hydrogen-bond donors (Lipinski definition) is 0. The quantitative estimate of drug-likeness (QED) is 0.669. The lowest BCUT2D eigenvalue weighted by Gasteiger charge is -2.34. The predicted octanol–water partition coefficient (Wildman–Crippen LogP) is 0.206. The van der Waals surface area contributed by atoms with Gasteiger partial charge < -0.3 is 9.80 Å². The molecule has 0 bridgehead atoms. The molecule has 1 fully saturated rings. The standard InChI is InChI=1S/C17H17N7O2/c25-16(11-24-12-18-20-21-24)22-7-9-23(10-8-22)17(26)15-6-5-13-3-1-2-4-14(13)19-15/h1-6,12H,7-11H2. The summed E-state index contributed by atoms with van der Waals surface area (Å²) in [6, 6.07) is 11.4. The van der Waals surface area contributed by atoms with E-state index in [9.17, 15) is 9.59 Å². The Bertz CT molecular complexity index is 933. The number of fused-ring (bicyclic) bond motifs is 1.